The van der Waals surface area contributed by atoms with Crippen LogP contribution in [0.5, 0.6) is 0 Å². The largest absolute Gasteiger partial charge is 0.355 e. The first-order chi connectivity index (χ1) is 8.56. The summed E-state index contributed by atoms with van der Waals surface area (Å²) < 4.78 is 13.3. The molecule has 18 heavy (non-hydrogen) atoms. The molecule has 5 heteroatoms. The maximum atomic E-state index is 13.3. The van der Waals surface area contributed by atoms with Crippen LogP contribution in [0.4, 0.5) is 10.1 Å². The molecule has 1 heterocycles. The molecule has 2 rings (SSSR count). The van der Waals surface area contributed by atoms with E-state index in [1.807, 2.05) is 0 Å². The number of aryl methyl sites for hydroxylation is 1. The van der Waals surface area contributed by atoms with Gasteiger partial charge in [-0.1, -0.05) is 6.07 Å². The third kappa shape index (κ3) is 2.85. The lowest BCUT2D eigenvalue weighted by molar-refractivity contribution is -0.126. The molecule has 0 saturated carbocycles. The first-order valence-electron chi connectivity index (χ1n) is 5.90. The lowest BCUT2D eigenvalue weighted by atomic mass is 9.98. The topological polar surface area (TPSA) is 58.2 Å². The Morgan fingerprint density at radius 1 is 1.50 bits per heavy atom. The van der Waals surface area contributed by atoms with Crippen LogP contribution >= 0.6 is 0 Å². The number of nitrogens with one attached hydrogen (secondary N) is 2. The number of rotatable bonds is 2. The van der Waals surface area contributed by atoms with Gasteiger partial charge in [0.1, 0.15) is 5.82 Å². The van der Waals surface area contributed by atoms with E-state index < -0.39 is 0 Å². The number of carbonyl (C=O) groups excluding carboxylic acids is 2. The molecule has 1 saturated heterocycles. The van der Waals surface area contributed by atoms with Gasteiger partial charge in [0.25, 0.3) is 0 Å². The number of amides is 2. The zero-order valence-corrected chi connectivity index (χ0v) is 10.1. The van der Waals surface area contributed by atoms with Gasteiger partial charge in [-0.25, -0.2) is 4.39 Å². The van der Waals surface area contributed by atoms with Crippen LogP contribution in [0.2, 0.25) is 0 Å². The molecule has 1 aliphatic rings. The number of halogens is 1. The highest BCUT2D eigenvalue weighted by molar-refractivity contribution is 5.94. The number of hydrogen-bond donors (Lipinski definition) is 2. The molecule has 1 aromatic rings. The van der Waals surface area contributed by atoms with E-state index in [0.717, 1.165) is 0 Å². The summed E-state index contributed by atoms with van der Waals surface area (Å²) in [5.41, 5.74) is 0.984. The molecule has 1 aromatic carbocycles. The molecule has 1 fully saturated rings. The standard InChI is InChI=1S/C13H15FN2O2/c1-8-2-4-10(6-11(8)14)16-13(18)9-3-5-12(17)15-7-9/h2,4,6,9H,3,5,7H2,1H3,(H,15,17)(H,16,18). The number of piperidine rings is 1. The van der Waals surface area contributed by atoms with Gasteiger partial charge in [-0.2, -0.15) is 0 Å². The van der Waals surface area contributed by atoms with Gasteiger partial charge >= 0.3 is 0 Å². The third-order valence-electron chi connectivity index (χ3n) is 3.08. The van der Waals surface area contributed by atoms with E-state index >= 15 is 0 Å². The lowest BCUT2D eigenvalue weighted by Crippen LogP contribution is -2.40. The Morgan fingerprint density at radius 3 is 2.89 bits per heavy atom. The highest BCUT2D eigenvalue weighted by Crippen LogP contribution is 2.17. The van der Waals surface area contributed by atoms with Crippen molar-refractivity contribution in [2.45, 2.75) is 19.8 Å². The normalized spacial score (nSPS) is 19.2. The van der Waals surface area contributed by atoms with Gasteiger partial charge in [0.15, 0.2) is 0 Å². The van der Waals surface area contributed by atoms with Crippen LogP contribution < -0.4 is 10.6 Å². The van der Waals surface area contributed by atoms with Crippen molar-refractivity contribution < 1.29 is 14.0 Å². The molecule has 0 bridgehead atoms. The Labute approximate surface area is 105 Å². The summed E-state index contributed by atoms with van der Waals surface area (Å²) in [6, 6.07) is 4.58. The Morgan fingerprint density at radius 2 is 2.28 bits per heavy atom. The fourth-order valence-corrected chi connectivity index (χ4v) is 1.87. The lowest BCUT2D eigenvalue weighted by Gasteiger charge is -2.21. The molecule has 0 spiro atoms. The summed E-state index contributed by atoms with van der Waals surface area (Å²) in [5.74, 6) is -0.796. The van der Waals surface area contributed by atoms with Crippen molar-refractivity contribution in [3.8, 4) is 0 Å². The van der Waals surface area contributed by atoms with Crippen molar-refractivity contribution in [3.63, 3.8) is 0 Å². The Kier molecular flexibility index (Phi) is 3.60. The Balaban J connectivity index is 1.98. The quantitative estimate of drug-likeness (QED) is 0.837. The molecule has 2 N–H and O–H groups in total. The van der Waals surface area contributed by atoms with Crippen LogP contribution in [0.3, 0.4) is 0 Å². The minimum absolute atomic E-state index is 0.0274. The minimum Gasteiger partial charge on any atom is -0.355 e. The average molecular weight is 250 g/mol. The zero-order valence-electron chi connectivity index (χ0n) is 10.1. The van der Waals surface area contributed by atoms with Crippen LogP contribution in [-0.4, -0.2) is 18.4 Å². The van der Waals surface area contributed by atoms with Gasteiger partial charge in [0.05, 0.1) is 5.92 Å². The van der Waals surface area contributed by atoms with E-state index in [-0.39, 0.29) is 23.5 Å². The molecule has 96 valence electrons. The molecule has 1 unspecified atom stereocenters. The maximum absolute atomic E-state index is 13.3. The van der Waals surface area contributed by atoms with Gasteiger partial charge in [0, 0.05) is 18.7 Å². The zero-order chi connectivity index (χ0) is 13.1. The SMILES string of the molecule is Cc1ccc(NC(=O)C2CCC(=O)NC2)cc1F. The second-order valence-electron chi connectivity index (χ2n) is 4.49. The van der Waals surface area contributed by atoms with Gasteiger partial charge < -0.3 is 10.6 Å². The predicted molar refractivity (Wildman–Crippen MR) is 65.5 cm³/mol. The fraction of sp³-hybridized carbons (Fsp3) is 0.385. The molecule has 0 aromatic heterocycles. The number of anilines is 1. The monoisotopic (exact) mass is 250 g/mol. The van der Waals surface area contributed by atoms with Crippen molar-refractivity contribution in [2.24, 2.45) is 5.92 Å². The average Bonchev–Trinajstić information content (AvgIpc) is 2.34. The first-order valence-corrected chi connectivity index (χ1v) is 5.90. The van der Waals surface area contributed by atoms with Crippen molar-refractivity contribution in [3.05, 3.63) is 29.6 Å². The second kappa shape index (κ2) is 5.16. The van der Waals surface area contributed by atoms with Gasteiger partial charge in [0.2, 0.25) is 11.8 Å². The molecule has 2 amide bonds. The van der Waals surface area contributed by atoms with Crippen molar-refractivity contribution in [1.82, 2.24) is 5.32 Å². The van der Waals surface area contributed by atoms with Crippen LogP contribution in [0.25, 0.3) is 0 Å². The summed E-state index contributed by atoms with van der Waals surface area (Å²) in [7, 11) is 0. The smallest absolute Gasteiger partial charge is 0.229 e. The third-order valence-corrected chi connectivity index (χ3v) is 3.08. The second-order valence-corrected chi connectivity index (χ2v) is 4.49. The highest BCUT2D eigenvalue weighted by Gasteiger charge is 2.24. The van der Waals surface area contributed by atoms with Crippen LogP contribution in [0.15, 0.2) is 18.2 Å². The minimum atomic E-state index is -0.343. The molecule has 4 nitrogen and oxygen atoms in total. The number of hydrogen-bond acceptors (Lipinski definition) is 2. The summed E-state index contributed by atoms with van der Waals surface area (Å²) in [6.45, 7) is 2.01. The van der Waals surface area contributed by atoms with E-state index in [1.165, 1.54) is 6.07 Å². The van der Waals surface area contributed by atoms with Gasteiger partial charge in [-0.05, 0) is 31.0 Å². The van der Waals surface area contributed by atoms with Crippen LogP contribution in [-0.2, 0) is 9.59 Å². The van der Waals surface area contributed by atoms with E-state index in [1.54, 1.807) is 19.1 Å². The molecule has 1 atom stereocenters. The molecule has 1 aliphatic heterocycles. The summed E-state index contributed by atoms with van der Waals surface area (Å²) >= 11 is 0. The number of benzene rings is 1. The van der Waals surface area contributed by atoms with Gasteiger partial charge in [-0.15, -0.1) is 0 Å². The van der Waals surface area contributed by atoms with E-state index in [4.69, 9.17) is 0 Å². The van der Waals surface area contributed by atoms with Gasteiger partial charge in [-0.3, -0.25) is 9.59 Å². The molecule has 0 aliphatic carbocycles. The summed E-state index contributed by atoms with van der Waals surface area (Å²) in [4.78, 5) is 22.9. The summed E-state index contributed by atoms with van der Waals surface area (Å²) in [5, 5.41) is 5.31. The first kappa shape index (κ1) is 12.5. The van der Waals surface area contributed by atoms with E-state index in [0.29, 0.717) is 30.6 Å². The fourth-order valence-electron chi connectivity index (χ4n) is 1.87. The maximum Gasteiger partial charge on any atom is 0.229 e. The Bertz CT molecular complexity index is 478. The van der Waals surface area contributed by atoms with Crippen LogP contribution in [0, 0.1) is 18.7 Å². The number of carbonyl (C=O) groups is 2. The predicted octanol–water partition coefficient (Wildman–Crippen LogP) is 1.60. The van der Waals surface area contributed by atoms with E-state index in [2.05, 4.69) is 10.6 Å². The molecule has 0 radical (unpaired) electrons. The van der Waals surface area contributed by atoms with E-state index in [9.17, 15) is 14.0 Å². The van der Waals surface area contributed by atoms with Crippen LogP contribution in [0.1, 0.15) is 18.4 Å². The van der Waals surface area contributed by atoms with Crippen molar-refractivity contribution in [1.29, 1.82) is 0 Å². The Hall–Kier alpha value is -1.91. The van der Waals surface area contributed by atoms with Crippen molar-refractivity contribution in [2.75, 3.05) is 11.9 Å². The summed E-state index contributed by atoms with van der Waals surface area (Å²) in [6.07, 6.45) is 0.895. The highest BCUT2D eigenvalue weighted by atomic mass is 19.1. The molecular formula is C13H15FN2O2. The van der Waals surface area contributed by atoms with Crippen molar-refractivity contribution >= 4 is 17.5 Å². The molecular weight excluding hydrogens is 235 g/mol.